The molecule has 0 spiro atoms. The quantitative estimate of drug-likeness (QED) is 0.729. The van der Waals surface area contributed by atoms with Crippen LogP contribution in [0.25, 0.3) is 0 Å². The summed E-state index contributed by atoms with van der Waals surface area (Å²) in [5.41, 5.74) is 0.388. The second kappa shape index (κ2) is 6.40. The predicted molar refractivity (Wildman–Crippen MR) is 58.1 cm³/mol. The zero-order chi connectivity index (χ0) is 11.1. The molecule has 0 aliphatic rings. The van der Waals surface area contributed by atoms with Gasteiger partial charge in [0.15, 0.2) is 6.29 Å². The Balaban J connectivity index is 0.000000364. The first kappa shape index (κ1) is 12.9. The molecule has 1 aromatic rings. The molecular formula is C10H14ClNO2. The van der Waals surface area contributed by atoms with Gasteiger partial charge in [0.2, 0.25) is 0 Å². The molecule has 0 aliphatic carbocycles. The number of phenolic OH excluding ortho intramolecular Hbond substituents is 1. The monoisotopic (exact) mass is 215 g/mol. The molecule has 14 heavy (non-hydrogen) atoms. The molecule has 1 aromatic carbocycles. The van der Waals surface area contributed by atoms with Gasteiger partial charge in [-0.15, -0.1) is 0 Å². The number of aromatic hydroxyl groups is 1. The highest BCUT2D eigenvalue weighted by molar-refractivity contribution is 6.33. The first-order valence-corrected chi connectivity index (χ1v) is 4.39. The van der Waals surface area contributed by atoms with Crippen LogP contribution in [0.5, 0.6) is 5.75 Å². The number of carbonyl (C=O) groups excluding carboxylic acids is 1. The Morgan fingerprint density at radius 2 is 1.86 bits per heavy atom. The van der Waals surface area contributed by atoms with Gasteiger partial charge in [-0.05, 0) is 39.3 Å². The van der Waals surface area contributed by atoms with Crippen molar-refractivity contribution in [2.45, 2.75) is 0 Å². The molecule has 78 valence electrons. The van der Waals surface area contributed by atoms with E-state index in [1.807, 2.05) is 26.0 Å². The molecule has 0 saturated heterocycles. The SMILES string of the molecule is CN(C)C.O=Cc1ccc(O)cc1Cl. The number of halogens is 1. The smallest absolute Gasteiger partial charge is 0.151 e. The Bertz CT molecular complexity index is 297. The van der Waals surface area contributed by atoms with Crippen molar-refractivity contribution in [1.82, 2.24) is 4.90 Å². The van der Waals surface area contributed by atoms with Crippen molar-refractivity contribution < 1.29 is 9.90 Å². The van der Waals surface area contributed by atoms with Crippen LogP contribution in [0.4, 0.5) is 0 Å². The summed E-state index contributed by atoms with van der Waals surface area (Å²) in [6.07, 6.45) is 0.641. The van der Waals surface area contributed by atoms with Gasteiger partial charge in [-0.2, -0.15) is 0 Å². The van der Waals surface area contributed by atoms with E-state index < -0.39 is 0 Å². The van der Waals surface area contributed by atoms with Gasteiger partial charge < -0.3 is 10.0 Å². The number of hydrogen-bond donors (Lipinski definition) is 1. The van der Waals surface area contributed by atoms with Crippen molar-refractivity contribution in [3.8, 4) is 5.75 Å². The summed E-state index contributed by atoms with van der Waals surface area (Å²) < 4.78 is 0. The number of phenols is 1. The second-order valence-corrected chi connectivity index (χ2v) is 3.57. The molecule has 0 aliphatic heterocycles. The summed E-state index contributed by atoms with van der Waals surface area (Å²) in [6, 6.07) is 4.20. The van der Waals surface area contributed by atoms with E-state index in [2.05, 4.69) is 0 Å². The Morgan fingerprint density at radius 3 is 2.21 bits per heavy atom. The van der Waals surface area contributed by atoms with Crippen LogP contribution in [0.2, 0.25) is 5.02 Å². The fourth-order valence-corrected chi connectivity index (χ4v) is 0.831. The van der Waals surface area contributed by atoms with Crippen molar-refractivity contribution in [3.63, 3.8) is 0 Å². The van der Waals surface area contributed by atoms with Crippen LogP contribution in [-0.4, -0.2) is 37.4 Å². The van der Waals surface area contributed by atoms with E-state index in [1.165, 1.54) is 18.2 Å². The van der Waals surface area contributed by atoms with E-state index in [0.717, 1.165) is 0 Å². The molecule has 1 N–H and O–H groups in total. The minimum atomic E-state index is 0.0654. The average Bonchev–Trinajstić information content (AvgIpc) is 2.03. The Kier molecular flexibility index (Phi) is 5.92. The maximum absolute atomic E-state index is 10.2. The fraction of sp³-hybridized carbons (Fsp3) is 0.300. The maximum atomic E-state index is 10.2. The van der Waals surface area contributed by atoms with Crippen LogP contribution < -0.4 is 0 Å². The zero-order valence-electron chi connectivity index (χ0n) is 8.49. The standard InChI is InChI=1S/C7H5ClO2.C3H9N/c8-7-3-6(10)2-1-5(7)4-9;1-4(2)3/h1-4,10H;1-3H3. The van der Waals surface area contributed by atoms with E-state index in [-0.39, 0.29) is 10.8 Å². The van der Waals surface area contributed by atoms with Crippen molar-refractivity contribution in [2.75, 3.05) is 21.1 Å². The third kappa shape index (κ3) is 5.56. The van der Waals surface area contributed by atoms with Crippen LogP contribution in [0, 0.1) is 0 Å². The number of nitrogens with zero attached hydrogens (tertiary/aromatic N) is 1. The van der Waals surface area contributed by atoms with E-state index in [4.69, 9.17) is 16.7 Å². The Morgan fingerprint density at radius 1 is 1.36 bits per heavy atom. The number of benzene rings is 1. The lowest BCUT2D eigenvalue weighted by atomic mass is 10.2. The highest BCUT2D eigenvalue weighted by Crippen LogP contribution is 2.19. The van der Waals surface area contributed by atoms with Gasteiger partial charge in [-0.1, -0.05) is 11.6 Å². The minimum Gasteiger partial charge on any atom is -0.508 e. The van der Waals surface area contributed by atoms with Crippen LogP contribution in [0.3, 0.4) is 0 Å². The lowest BCUT2D eigenvalue weighted by molar-refractivity contribution is 0.112. The summed E-state index contributed by atoms with van der Waals surface area (Å²) in [5, 5.41) is 9.11. The highest BCUT2D eigenvalue weighted by atomic mass is 35.5. The van der Waals surface area contributed by atoms with Crippen molar-refractivity contribution in [1.29, 1.82) is 0 Å². The summed E-state index contributed by atoms with van der Waals surface area (Å²) in [5.74, 6) is 0.0654. The lowest BCUT2D eigenvalue weighted by Crippen LogP contribution is -1.99. The molecule has 0 atom stereocenters. The molecule has 4 heteroatoms. The van der Waals surface area contributed by atoms with E-state index in [0.29, 0.717) is 11.8 Å². The van der Waals surface area contributed by atoms with Crippen molar-refractivity contribution in [2.24, 2.45) is 0 Å². The van der Waals surface area contributed by atoms with Crippen LogP contribution in [0.15, 0.2) is 18.2 Å². The number of aldehydes is 1. The van der Waals surface area contributed by atoms with Gasteiger partial charge in [0, 0.05) is 5.56 Å². The van der Waals surface area contributed by atoms with Crippen LogP contribution in [0.1, 0.15) is 10.4 Å². The van der Waals surface area contributed by atoms with Gasteiger partial charge in [-0.25, -0.2) is 0 Å². The Labute approximate surface area is 88.9 Å². The third-order valence-corrected chi connectivity index (χ3v) is 1.44. The first-order valence-electron chi connectivity index (χ1n) is 4.02. The summed E-state index contributed by atoms with van der Waals surface area (Å²) in [6.45, 7) is 0. The van der Waals surface area contributed by atoms with E-state index >= 15 is 0 Å². The van der Waals surface area contributed by atoms with E-state index in [9.17, 15) is 4.79 Å². The zero-order valence-corrected chi connectivity index (χ0v) is 9.25. The molecule has 3 nitrogen and oxygen atoms in total. The predicted octanol–water partition coefficient (Wildman–Crippen LogP) is 2.04. The molecule has 0 unspecified atom stereocenters. The number of rotatable bonds is 1. The lowest BCUT2D eigenvalue weighted by Gasteiger charge is -1.94. The topological polar surface area (TPSA) is 40.5 Å². The number of carbonyl (C=O) groups is 1. The van der Waals surface area contributed by atoms with Gasteiger partial charge in [0.1, 0.15) is 5.75 Å². The van der Waals surface area contributed by atoms with Gasteiger partial charge >= 0.3 is 0 Å². The fourth-order valence-electron chi connectivity index (χ4n) is 0.612. The molecule has 0 heterocycles. The first-order chi connectivity index (χ1) is 6.47. The molecule has 0 fully saturated rings. The van der Waals surface area contributed by atoms with Gasteiger partial charge in [0.05, 0.1) is 5.02 Å². The molecular weight excluding hydrogens is 202 g/mol. The van der Waals surface area contributed by atoms with E-state index in [1.54, 1.807) is 0 Å². The summed E-state index contributed by atoms with van der Waals surface area (Å²) in [7, 11) is 6.00. The maximum Gasteiger partial charge on any atom is 0.151 e. The molecule has 0 radical (unpaired) electrons. The summed E-state index contributed by atoms with van der Waals surface area (Å²) in [4.78, 5) is 12.2. The van der Waals surface area contributed by atoms with Crippen molar-refractivity contribution >= 4 is 17.9 Å². The molecule has 0 aromatic heterocycles. The van der Waals surface area contributed by atoms with Crippen molar-refractivity contribution in [3.05, 3.63) is 28.8 Å². The Hall–Kier alpha value is -1.06. The molecule has 1 rings (SSSR count). The molecule has 0 saturated carbocycles. The third-order valence-electron chi connectivity index (χ3n) is 1.11. The second-order valence-electron chi connectivity index (χ2n) is 3.17. The molecule has 0 amide bonds. The largest absolute Gasteiger partial charge is 0.508 e. The molecule has 0 bridgehead atoms. The summed E-state index contributed by atoms with van der Waals surface area (Å²) >= 11 is 5.54. The highest BCUT2D eigenvalue weighted by Gasteiger charge is 1.97. The van der Waals surface area contributed by atoms with Crippen LogP contribution >= 0.6 is 11.6 Å². The normalized spacial score (nSPS) is 9.21. The van der Waals surface area contributed by atoms with Gasteiger partial charge in [-0.3, -0.25) is 4.79 Å². The van der Waals surface area contributed by atoms with Crippen LogP contribution in [-0.2, 0) is 0 Å². The van der Waals surface area contributed by atoms with Gasteiger partial charge in [0.25, 0.3) is 0 Å². The average molecular weight is 216 g/mol. The number of hydrogen-bond acceptors (Lipinski definition) is 3. The minimum absolute atomic E-state index is 0.0654.